The Morgan fingerprint density at radius 1 is 0.938 bits per heavy atom. The summed E-state index contributed by atoms with van der Waals surface area (Å²) in [7, 11) is 0. The Balaban J connectivity index is 1.68. The van der Waals surface area contributed by atoms with E-state index in [2.05, 4.69) is 10.1 Å². The molecule has 0 amide bonds. The number of hydrogen-bond acceptors (Lipinski definition) is 5. The van der Waals surface area contributed by atoms with E-state index in [0.29, 0.717) is 32.7 Å². The molecule has 8 heteroatoms. The van der Waals surface area contributed by atoms with Gasteiger partial charge in [0, 0.05) is 21.2 Å². The lowest BCUT2D eigenvalue weighted by molar-refractivity contribution is 0.0462. The number of aryl methyl sites for hydroxylation is 1. The molecule has 4 aromatic rings. The van der Waals surface area contributed by atoms with Gasteiger partial charge in [0.25, 0.3) is 5.82 Å². The molecule has 0 saturated heterocycles. The molecule has 4 rings (SSSR count). The number of carbonyl (C=O) groups excluding carboxylic acids is 2. The summed E-state index contributed by atoms with van der Waals surface area (Å²) in [5, 5.41) is 5.38. The van der Waals surface area contributed by atoms with Gasteiger partial charge in [0.15, 0.2) is 18.2 Å². The highest BCUT2D eigenvalue weighted by Gasteiger charge is 2.22. The molecule has 0 radical (unpaired) electrons. The number of benzene rings is 3. The molecule has 0 spiro atoms. The van der Waals surface area contributed by atoms with Crippen LogP contribution in [-0.2, 0) is 4.74 Å². The van der Waals surface area contributed by atoms with Crippen molar-refractivity contribution in [3.63, 3.8) is 0 Å². The van der Waals surface area contributed by atoms with Crippen molar-refractivity contribution in [3.8, 4) is 17.1 Å². The van der Waals surface area contributed by atoms with Crippen molar-refractivity contribution in [2.24, 2.45) is 0 Å². The first kappa shape index (κ1) is 21.7. The second-order valence-electron chi connectivity index (χ2n) is 6.98. The van der Waals surface area contributed by atoms with Gasteiger partial charge in [-0.2, -0.15) is 0 Å². The molecule has 0 aliphatic carbocycles. The zero-order valence-corrected chi connectivity index (χ0v) is 18.5. The summed E-state index contributed by atoms with van der Waals surface area (Å²) in [6.07, 6.45) is 0. The van der Waals surface area contributed by atoms with Crippen molar-refractivity contribution in [3.05, 3.63) is 99.8 Å². The summed E-state index contributed by atoms with van der Waals surface area (Å²) >= 11 is 12.3. The summed E-state index contributed by atoms with van der Waals surface area (Å²) in [5.74, 6) is -0.922. The average molecular weight is 466 g/mol. The number of hydrogen-bond donors (Lipinski definition) is 0. The molecular weight excluding hydrogens is 449 g/mol. The average Bonchev–Trinajstić information content (AvgIpc) is 3.25. The summed E-state index contributed by atoms with van der Waals surface area (Å²) in [6, 6.07) is 21.0. The topological polar surface area (TPSA) is 74.1 Å². The molecule has 0 aliphatic heterocycles. The van der Waals surface area contributed by atoms with Crippen molar-refractivity contribution in [1.82, 2.24) is 14.8 Å². The van der Waals surface area contributed by atoms with E-state index >= 15 is 0 Å². The SMILES string of the molecule is Cc1ccc(Cl)cc1-n1nc(C(=O)OCC(=O)c2ccccc2)nc1-c1cccc(Cl)c1. The third-order valence-corrected chi connectivity index (χ3v) is 5.17. The number of Topliss-reactive ketones (excluding diaryl/α,β-unsaturated/α-hetero) is 1. The predicted molar refractivity (Wildman–Crippen MR) is 123 cm³/mol. The van der Waals surface area contributed by atoms with E-state index in [9.17, 15) is 9.59 Å². The molecule has 0 fully saturated rings. The third-order valence-electron chi connectivity index (χ3n) is 4.70. The Morgan fingerprint density at radius 3 is 2.44 bits per heavy atom. The standard InChI is InChI=1S/C24H17Cl2N3O3/c1-15-10-11-19(26)13-20(15)29-23(17-8-5-9-18(25)12-17)27-22(28-29)24(31)32-14-21(30)16-6-3-2-4-7-16/h2-13H,14H2,1H3. The molecule has 1 heterocycles. The van der Waals surface area contributed by atoms with Crippen LogP contribution in [0, 0.1) is 6.92 Å². The van der Waals surface area contributed by atoms with E-state index in [1.54, 1.807) is 66.7 Å². The fourth-order valence-electron chi connectivity index (χ4n) is 3.09. The largest absolute Gasteiger partial charge is 0.451 e. The van der Waals surface area contributed by atoms with Gasteiger partial charge in [0.05, 0.1) is 5.69 Å². The highest BCUT2D eigenvalue weighted by atomic mass is 35.5. The molecule has 32 heavy (non-hydrogen) atoms. The number of rotatable bonds is 6. The Bertz CT molecular complexity index is 1300. The molecule has 0 bridgehead atoms. The Labute approximate surface area is 194 Å². The smallest absolute Gasteiger partial charge is 0.378 e. The van der Waals surface area contributed by atoms with Crippen LogP contribution < -0.4 is 0 Å². The van der Waals surface area contributed by atoms with Gasteiger partial charge in [-0.15, -0.1) is 5.10 Å². The van der Waals surface area contributed by atoms with Crippen molar-refractivity contribution >= 4 is 35.0 Å². The summed E-state index contributed by atoms with van der Waals surface area (Å²) in [6.45, 7) is 1.48. The number of carbonyl (C=O) groups is 2. The van der Waals surface area contributed by atoms with Crippen LogP contribution in [0.4, 0.5) is 0 Å². The first-order valence-corrected chi connectivity index (χ1v) is 10.4. The number of esters is 1. The van der Waals surface area contributed by atoms with Gasteiger partial charge in [-0.05, 0) is 36.8 Å². The zero-order chi connectivity index (χ0) is 22.7. The maximum atomic E-state index is 12.7. The van der Waals surface area contributed by atoms with E-state index in [4.69, 9.17) is 27.9 Å². The van der Waals surface area contributed by atoms with Crippen molar-refractivity contribution < 1.29 is 14.3 Å². The summed E-state index contributed by atoms with van der Waals surface area (Å²) in [4.78, 5) is 29.3. The van der Waals surface area contributed by atoms with Gasteiger partial charge >= 0.3 is 5.97 Å². The first-order valence-electron chi connectivity index (χ1n) is 9.67. The van der Waals surface area contributed by atoms with Crippen LogP contribution in [0.5, 0.6) is 0 Å². The normalized spacial score (nSPS) is 10.7. The lowest BCUT2D eigenvalue weighted by Crippen LogP contribution is -2.15. The second kappa shape index (κ2) is 9.34. The fraction of sp³-hybridized carbons (Fsp3) is 0.0833. The molecule has 3 aromatic carbocycles. The van der Waals surface area contributed by atoms with Crippen LogP contribution >= 0.6 is 23.2 Å². The Kier molecular flexibility index (Phi) is 6.35. The van der Waals surface area contributed by atoms with Gasteiger partial charge in [0.2, 0.25) is 0 Å². The van der Waals surface area contributed by atoms with Crippen molar-refractivity contribution in [2.75, 3.05) is 6.61 Å². The maximum absolute atomic E-state index is 12.7. The van der Waals surface area contributed by atoms with Gasteiger partial charge in [0.1, 0.15) is 0 Å². The highest BCUT2D eigenvalue weighted by Crippen LogP contribution is 2.27. The third kappa shape index (κ3) is 4.72. The highest BCUT2D eigenvalue weighted by molar-refractivity contribution is 6.31. The van der Waals surface area contributed by atoms with E-state index in [0.717, 1.165) is 5.56 Å². The Hall–Kier alpha value is -3.48. The quantitative estimate of drug-likeness (QED) is 0.274. The van der Waals surface area contributed by atoms with Crippen LogP contribution in [0.2, 0.25) is 10.0 Å². The van der Waals surface area contributed by atoms with Crippen molar-refractivity contribution in [2.45, 2.75) is 6.92 Å². The molecule has 0 unspecified atom stereocenters. The van der Waals surface area contributed by atoms with Gasteiger partial charge in [-0.1, -0.05) is 71.7 Å². The molecule has 6 nitrogen and oxygen atoms in total. The first-order chi connectivity index (χ1) is 15.4. The monoisotopic (exact) mass is 465 g/mol. The zero-order valence-electron chi connectivity index (χ0n) is 17.0. The maximum Gasteiger partial charge on any atom is 0.378 e. The lowest BCUT2D eigenvalue weighted by atomic mass is 10.1. The number of nitrogens with zero attached hydrogens (tertiary/aromatic N) is 3. The molecule has 0 N–H and O–H groups in total. The molecule has 1 aromatic heterocycles. The molecule has 0 atom stereocenters. The van der Waals surface area contributed by atoms with Crippen LogP contribution in [0.3, 0.4) is 0 Å². The number of halogens is 2. The number of ketones is 1. The van der Waals surface area contributed by atoms with Crippen LogP contribution in [0.1, 0.15) is 26.5 Å². The van der Waals surface area contributed by atoms with E-state index < -0.39 is 12.6 Å². The molecule has 0 aliphatic rings. The van der Waals surface area contributed by atoms with E-state index in [1.807, 2.05) is 13.0 Å². The summed E-state index contributed by atoms with van der Waals surface area (Å²) < 4.78 is 6.70. The van der Waals surface area contributed by atoms with E-state index in [-0.39, 0.29) is 11.6 Å². The van der Waals surface area contributed by atoms with Crippen LogP contribution in [-0.4, -0.2) is 33.1 Å². The van der Waals surface area contributed by atoms with Gasteiger partial charge in [-0.3, -0.25) is 4.79 Å². The minimum absolute atomic E-state index is 0.180. The van der Waals surface area contributed by atoms with E-state index in [1.165, 1.54) is 4.68 Å². The van der Waals surface area contributed by atoms with Crippen LogP contribution in [0.25, 0.3) is 17.1 Å². The molecular formula is C24H17Cl2N3O3. The van der Waals surface area contributed by atoms with Crippen molar-refractivity contribution in [1.29, 1.82) is 0 Å². The lowest BCUT2D eigenvalue weighted by Gasteiger charge is -2.09. The minimum Gasteiger partial charge on any atom is -0.451 e. The van der Waals surface area contributed by atoms with Gasteiger partial charge in [-0.25, -0.2) is 14.5 Å². The Morgan fingerprint density at radius 2 is 1.69 bits per heavy atom. The number of aromatic nitrogens is 3. The fourth-order valence-corrected chi connectivity index (χ4v) is 3.45. The second-order valence-corrected chi connectivity index (χ2v) is 7.85. The van der Waals surface area contributed by atoms with Crippen LogP contribution in [0.15, 0.2) is 72.8 Å². The molecule has 160 valence electrons. The summed E-state index contributed by atoms with van der Waals surface area (Å²) in [5.41, 5.74) is 2.64. The van der Waals surface area contributed by atoms with Gasteiger partial charge < -0.3 is 4.74 Å². The minimum atomic E-state index is -0.809. The predicted octanol–water partition coefficient (Wildman–Crippen LogP) is 5.59. The number of ether oxygens (including phenoxy) is 1. The molecule has 0 saturated carbocycles.